The maximum absolute atomic E-state index is 12.3. The molecule has 0 amide bonds. The van der Waals surface area contributed by atoms with Gasteiger partial charge in [-0.15, -0.1) is 0 Å². The molecular weight excluding hydrogens is 276 g/mol. The Balaban J connectivity index is 2.27. The summed E-state index contributed by atoms with van der Waals surface area (Å²) in [6, 6.07) is 11.6. The molecule has 0 saturated carbocycles. The van der Waals surface area contributed by atoms with Crippen molar-refractivity contribution in [1.29, 1.82) is 0 Å². The van der Waals surface area contributed by atoms with Crippen LogP contribution in [-0.2, 0) is 10.0 Å². The average Bonchev–Trinajstić information content (AvgIpc) is 2.46. The van der Waals surface area contributed by atoms with E-state index >= 15 is 0 Å². The molecule has 0 saturated heterocycles. The van der Waals surface area contributed by atoms with Crippen LogP contribution in [0.4, 0.5) is 0 Å². The van der Waals surface area contributed by atoms with Crippen LogP contribution >= 0.6 is 0 Å². The van der Waals surface area contributed by atoms with E-state index in [-0.39, 0.29) is 16.5 Å². The number of pyridine rings is 1. The average molecular weight is 292 g/mol. The quantitative estimate of drug-likeness (QED) is 0.882. The van der Waals surface area contributed by atoms with E-state index in [9.17, 15) is 13.2 Å². The normalized spacial score (nSPS) is 13.1. The number of nitrogens with one attached hydrogen (secondary N) is 2. The van der Waals surface area contributed by atoms with Crippen LogP contribution < -0.4 is 10.3 Å². The Morgan fingerprint density at radius 1 is 1.15 bits per heavy atom. The Kier molecular flexibility index (Phi) is 4.36. The molecule has 0 spiro atoms. The monoisotopic (exact) mass is 292 g/mol. The van der Waals surface area contributed by atoms with Crippen LogP contribution in [0.15, 0.2) is 58.4 Å². The molecule has 0 aliphatic heterocycles. The SMILES string of the molecule is CCC(NS(=O)(=O)c1ccc(=O)[nH]c1)c1ccccc1. The van der Waals surface area contributed by atoms with E-state index < -0.39 is 10.0 Å². The highest BCUT2D eigenvalue weighted by Crippen LogP contribution is 2.19. The Labute approximate surface area is 117 Å². The summed E-state index contributed by atoms with van der Waals surface area (Å²) in [6.45, 7) is 1.91. The van der Waals surface area contributed by atoms with E-state index in [0.717, 1.165) is 5.56 Å². The minimum absolute atomic E-state index is 0.0477. The van der Waals surface area contributed by atoms with Gasteiger partial charge in [0.05, 0.1) is 4.90 Å². The van der Waals surface area contributed by atoms with E-state index in [4.69, 9.17) is 0 Å². The fourth-order valence-electron chi connectivity index (χ4n) is 1.89. The molecule has 2 N–H and O–H groups in total. The van der Waals surface area contributed by atoms with Gasteiger partial charge in [0.15, 0.2) is 0 Å². The molecule has 5 nitrogen and oxygen atoms in total. The molecule has 1 aromatic heterocycles. The molecule has 0 bridgehead atoms. The second-order valence-corrected chi connectivity index (χ2v) is 6.10. The lowest BCUT2D eigenvalue weighted by Gasteiger charge is -2.17. The van der Waals surface area contributed by atoms with Gasteiger partial charge < -0.3 is 4.98 Å². The van der Waals surface area contributed by atoms with Crippen molar-refractivity contribution in [2.24, 2.45) is 0 Å². The van der Waals surface area contributed by atoms with Crippen LogP contribution in [0.5, 0.6) is 0 Å². The number of hydrogen-bond donors (Lipinski definition) is 2. The largest absolute Gasteiger partial charge is 0.328 e. The Morgan fingerprint density at radius 3 is 2.40 bits per heavy atom. The molecule has 1 heterocycles. The zero-order chi connectivity index (χ0) is 14.6. The number of H-pyrrole nitrogens is 1. The molecule has 0 aliphatic carbocycles. The number of sulfonamides is 1. The van der Waals surface area contributed by atoms with Crippen molar-refractivity contribution >= 4 is 10.0 Å². The zero-order valence-corrected chi connectivity index (χ0v) is 11.9. The Bertz CT molecular complexity index is 703. The third-order valence-corrected chi connectivity index (χ3v) is 4.44. The molecule has 106 valence electrons. The van der Waals surface area contributed by atoms with Crippen molar-refractivity contribution in [2.75, 3.05) is 0 Å². The molecule has 20 heavy (non-hydrogen) atoms. The summed E-state index contributed by atoms with van der Waals surface area (Å²) in [4.78, 5) is 13.4. The number of hydrogen-bond acceptors (Lipinski definition) is 3. The summed E-state index contributed by atoms with van der Waals surface area (Å²) in [5.74, 6) is 0. The number of rotatable bonds is 5. The van der Waals surface area contributed by atoms with E-state index in [1.807, 2.05) is 37.3 Å². The van der Waals surface area contributed by atoms with E-state index in [0.29, 0.717) is 6.42 Å². The van der Waals surface area contributed by atoms with Crippen LogP contribution in [0.25, 0.3) is 0 Å². The fourth-order valence-corrected chi connectivity index (χ4v) is 3.17. The molecule has 1 aromatic carbocycles. The summed E-state index contributed by atoms with van der Waals surface area (Å²) in [6.07, 6.45) is 1.83. The maximum atomic E-state index is 12.3. The fraction of sp³-hybridized carbons (Fsp3) is 0.214. The predicted octanol–water partition coefficient (Wildman–Crippen LogP) is 1.80. The van der Waals surface area contributed by atoms with Gasteiger partial charge in [-0.25, -0.2) is 13.1 Å². The molecule has 1 unspecified atom stereocenters. The van der Waals surface area contributed by atoms with Gasteiger partial charge in [0.2, 0.25) is 15.6 Å². The van der Waals surface area contributed by atoms with Crippen molar-refractivity contribution in [3.05, 3.63) is 64.6 Å². The second-order valence-electron chi connectivity index (χ2n) is 4.38. The van der Waals surface area contributed by atoms with Crippen LogP contribution in [0.1, 0.15) is 24.9 Å². The number of benzene rings is 1. The minimum atomic E-state index is -3.66. The van der Waals surface area contributed by atoms with Crippen molar-refractivity contribution in [3.63, 3.8) is 0 Å². The molecular formula is C14H16N2O3S. The lowest BCUT2D eigenvalue weighted by molar-refractivity contribution is 0.549. The molecule has 0 fully saturated rings. The van der Waals surface area contributed by atoms with E-state index in [1.165, 1.54) is 18.3 Å². The van der Waals surface area contributed by atoms with Crippen molar-refractivity contribution < 1.29 is 8.42 Å². The minimum Gasteiger partial charge on any atom is -0.328 e. The Hall–Kier alpha value is -1.92. The molecule has 1 atom stereocenters. The van der Waals surface area contributed by atoms with Crippen LogP contribution in [-0.4, -0.2) is 13.4 Å². The molecule has 2 aromatic rings. The molecule has 2 rings (SSSR count). The standard InChI is InChI=1S/C14H16N2O3S/c1-2-13(11-6-4-3-5-7-11)16-20(18,19)12-8-9-14(17)15-10-12/h3-10,13,16H,2H2,1H3,(H,15,17). The second kappa shape index (κ2) is 6.02. The molecule has 0 aliphatic rings. The first kappa shape index (κ1) is 14.5. The molecule has 6 heteroatoms. The van der Waals surface area contributed by atoms with E-state index in [1.54, 1.807) is 0 Å². The highest BCUT2D eigenvalue weighted by Gasteiger charge is 2.20. The summed E-state index contributed by atoms with van der Waals surface area (Å²) in [5, 5.41) is 0. The summed E-state index contributed by atoms with van der Waals surface area (Å²) < 4.78 is 27.2. The van der Waals surface area contributed by atoms with Crippen molar-refractivity contribution in [3.8, 4) is 0 Å². The van der Waals surface area contributed by atoms with Gasteiger partial charge in [0.1, 0.15) is 0 Å². The smallest absolute Gasteiger partial charge is 0.247 e. The van der Waals surface area contributed by atoms with Gasteiger partial charge in [0.25, 0.3) is 0 Å². The van der Waals surface area contributed by atoms with Gasteiger partial charge in [-0.1, -0.05) is 37.3 Å². The zero-order valence-electron chi connectivity index (χ0n) is 11.0. The summed E-state index contributed by atoms with van der Waals surface area (Å²) in [5.41, 5.74) is 0.571. The lowest BCUT2D eigenvalue weighted by atomic mass is 10.1. The predicted molar refractivity (Wildman–Crippen MR) is 76.9 cm³/mol. The van der Waals surface area contributed by atoms with Crippen molar-refractivity contribution in [2.45, 2.75) is 24.3 Å². The third kappa shape index (κ3) is 3.34. The van der Waals surface area contributed by atoms with Gasteiger partial charge in [0, 0.05) is 18.3 Å². The highest BCUT2D eigenvalue weighted by molar-refractivity contribution is 7.89. The Morgan fingerprint density at radius 2 is 1.85 bits per heavy atom. The van der Waals surface area contributed by atoms with Gasteiger partial charge in [-0.05, 0) is 18.1 Å². The number of aromatic amines is 1. The molecule has 0 radical (unpaired) electrons. The van der Waals surface area contributed by atoms with Gasteiger partial charge >= 0.3 is 0 Å². The highest BCUT2D eigenvalue weighted by atomic mass is 32.2. The first-order chi connectivity index (χ1) is 9.53. The maximum Gasteiger partial charge on any atom is 0.247 e. The summed E-state index contributed by atoms with van der Waals surface area (Å²) in [7, 11) is -3.66. The topological polar surface area (TPSA) is 79.0 Å². The first-order valence-electron chi connectivity index (χ1n) is 6.29. The van der Waals surface area contributed by atoms with Gasteiger partial charge in [-0.3, -0.25) is 4.79 Å². The van der Waals surface area contributed by atoms with Gasteiger partial charge in [-0.2, -0.15) is 0 Å². The lowest BCUT2D eigenvalue weighted by Crippen LogP contribution is -2.28. The van der Waals surface area contributed by atoms with E-state index in [2.05, 4.69) is 9.71 Å². The van der Waals surface area contributed by atoms with Crippen molar-refractivity contribution in [1.82, 2.24) is 9.71 Å². The first-order valence-corrected chi connectivity index (χ1v) is 7.77. The van der Waals surface area contributed by atoms with Crippen LogP contribution in [0, 0.1) is 0 Å². The van der Waals surface area contributed by atoms with Crippen LogP contribution in [0.2, 0.25) is 0 Å². The summed E-state index contributed by atoms with van der Waals surface area (Å²) >= 11 is 0. The number of aromatic nitrogens is 1. The van der Waals surface area contributed by atoms with Crippen LogP contribution in [0.3, 0.4) is 0 Å². The third-order valence-electron chi connectivity index (χ3n) is 2.97.